The molecule has 0 aromatic carbocycles. The van der Waals surface area contributed by atoms with E-state index in [0.29, 0.717) is 6.10 Å². The Morgan fingerprint density at radius 1 is 1.20 bits per heavy atom. The van der Waals surface area contributed by atoms with Crippen molar-refractivity contribution in [2.24, 2.45) is 0 Å². The van der Waals surface area contributed by atoms with E-state index in [2.05, 4.69) is 6.08 Å². The van der Waals surface area contributed by atoms with Crippen molar-refractivity contribution in [3.05, 3.63) is 11.8 Å². The summed E-state index contributed by atoms with van der Waals surface area (Å²) in [5, 5.41) is 0. The van der Waals surface area contributed by atoms with Gasteiger partial charge in [-0.2, -0.15) is 0 Å². The molecular weight excluding hydrogens is 188 g/mol. The Morgan fingerprint density at radius 3 is 3.00 bits per heavy atom. The zero-order valence-corrected chi connectivity index (χ0v) is 9.54. The molecule has 0 amide bonds. The number of hydrogen-bond acceptors (Lipinski definition) is 2. The van der Waals surface area contributed by atoms with Gasteiger partial charge in [-0.15, -0.1) is 0 Å². The van der Waals surface area contributed by atoms with Crippen LogP contribution >= 0.6 is 0 Å². The molecule has 0 spiro atoms. The van der Waals surface area contributed by atoms with Gasteiger partial charge in [-0.1, -0.05) is 12.8 Å². The van der Waals surface area contributed by atoms with E-state index in [9.17, 15) is 0 Å². The molecule has 1 unspecified atom stereocenters. The lowest BCUT2D eigenvalue weighted by molar-refractivity contribution is 0.0402. The first-order chi connectivity index (χ1) is 7.45. The van der Waals surface area contributed by atoms with Crippen LogP contribution in [-0.4, -0.2) is 19.3 Å². The molecule has 2 nitrogen and oxygen atoms in total. The van der Waals surface area contributed by atoms with Crippen molar-refractivity contribution in [2.45, 2.75) is 57.5 Å². The third-order valence-corrected chi connectivity index (χ3v) is 3.23. The summed E-state index contributed by atoms with van der Waals surface area (Å²) in [6.45, 7) is 1.69. The Bertz CT molecular complexity index is 205. The van der Waals surface area contributed by atoms with E-state index in [0.717, 1.165) is 19.6 Å². The van der Waals surface area contributed by atoms with Gasteiger partial charge in [-0.25, -0.2) is 0 Å². The molecule has 0 N–H and O–H groups in total. The molecule has 0 saturated carbocycles. The molecule has 1 heterocycles. The maximum absolute atomic E-state index is 5.84. The zero-order valence-electron chi connectivity index (χ0n) is 9.54. The Hall–Kier alpha value is -0.500. The first kappa shape index (κ1) is 11.0. The van der Waals surface area contributed by atoms with E-state index >= 15 is 0 Å². The Labute approximate surface area is 92.6 Å². The normalized spacial score (nSPS) is 31.5. The minimum Gasteiger partial charge on any atom is -0.496 e. The summed E-state index contributed by atoms with van der Waals surface area (Å²) < 4.78 is 11.4. The van der Waals surface area contributed by atoms with E-state index < -0.39 is 0 Å². The van der Waals surface area contributed by atoms with Gasteiger partial charge in [-0.05, 0) is 38.2 Å². The SMILES string of the molecule is C1=C(/OCC2CCCO2)CCCCCC/1. The zero-order chi connectivity index (χ0) is 10.3. The molecule has 0 bridgehead atoms. The van der Waals surface area contributed by atoms with Gasteiger partial charge in [0, 0.05) is 13.0 Å². The van der Waals surface area contributed by atoms with Crippen LogP contribution in [0, 0.1) is 0 Å². The molecule has 86 valence electrons. The van der Waals surface area contributed by atoms with Gasteiger partial charge < -0.3 is 9.47 Å². The van der Waals surface area contributed by atoms with Crippen LogP contribution in [0.1, 0.15) is 51.4 Å². The summed E-state index contributed by atoms with van der Waals surface area (Å²) in [5.41, 5.74) is 0. The van der Waals surface area contributed by atoms with Gasteiger partial charge >= 0.3 is 0 Å². The average Bonchev–Trinajstić information content (AvgIpc) is 2.68. The quantitative estimate of drug-likeness (QED) is 0.710. The number of hydrogen-bond donors (Lipinski definition) is 0. The second kappa shape index (κ2) is 6.16. The van der Waals surface area contributed by atoms with Crippen molar-refractivity contribution in [3.63, 3.8) is 0 Å². The highest BCUT2D eigenvalue weighted by molar-refractivity contribution is 4.94. The van der Waals surface area contributed by atoms with E-state index in [1.165, 1.54) is 50.7 Å². The molecule has 15 heavy (non-hydrogen) atoms. The topological polar surface area (TPSA) is 18.5 Å². The predicted molar refractivity (Wildman–Crippen MR) is 60.7 cm³/mol. The molecule has 1 aliphatic carbocycles. The number of ether oxygens (including phenoxy) is 2. The van der Waals surface area contributed by atoms with E-state index in [1.807, 2.05) is 0 Å². The first-order valence-electron chi connectivity index (χ1n) is 6.38. The molecule has 2 aliphatic rings. The molecule has 0 radical (unpaired) electrons. The third-order valence-electron chi connectivity index (χ3n) is 3.23. The Morgan fingerprint density at radius 2 is 2.13 bits per heavy atom. The fourth-order valence-electron chi connectivity index (χ4n) is 2.27. The molecule has 2 heteroatoms. The summed E-state index contributed by atoms with van der Waals surface area (Å²) in [6, 6.07) is 0. The highest BCUT2D eigenvalue weighted by Gasteiger charge is 2.16. The van der Waals surface area contributed by atoms with Gasteiger partial charge in [0.05, 0.1) is 11.9 Å². The molecule has 0 aromatic heterocycles. The van der Waals surface area contributed by atoms with E-state index in [1.54, 1.807) is 0 Å². The van der Waals surface area contributed by atoms with Gasteiger partial charge in [-0.3, -0.25) is 0 Å². The largest absolute Gasteiger partial charge is 0.496 e. The first-order valence-corrected chi connectivity index (χ1v) is 6.38. The highest BCUT2D eigenvalue weighted by Crippen LogP contribution is 2.19. The summed E-state index contributed by atoms with van der Waals surface area (Å²) >= 11 is 0. The standard InChI is InChI=1S/C13H22O2/c1-2-4-7-12(8-5-3-1)15-11-13-9-6-10-14-13/h7,13H,1-6,8-11H2/b12-7+. The Balaban J connectivity index is 1.71. The van der Waals surface area contributed by atoms with Crippen molar-refractivity contribution in [2.75, 3.05) is 13.2 Å². The van der Waals surface area contributed by atoms with Gasteiger partial charge in [0.2, 0.25) is 0 Å². The molecule has 1 fully saturated rings. The van der Waals surface area contributed by atoms with Crippen LogP contribution in [0.3, 0.4) is 0 Å². The Kier molecular flexibility index (Phi) is 4.52. The van der Waals surface area contributed by atoms with Crippen LogP contribution in [0.25, 0.3) is 0 Å². The van der Waals surface area contributed by atoms with Crippen molar-refractivity contribution in [3.8, 4) is 0 Å². The van der Waals surface area contributed by atoms with E-state index in [-0.39, 0.29) is 0 Å². The average molecular weight is 210 g/mol. The lowest BCUT2D eigenvalue weighted by Crippen LogP contribution is -2.14. The second-order valence-corrected chi connectivity index (χ2v) is 4.57. The minimum absolute atomic E-state index is 0.358. The predicted octanol–water partition coefficient (Wildman–Crippen LogP) is 3.42. The minimum atomic E-state index is 0.358. The van der Waals surface area contributed by atoms with Crippen LogP contribution in [0.4, 0.5) is 0 Å². The smallest absolute Gasteiger partial charge is 0.114 e. The molecule has 1 saturated heterocycles. The summed E-state index contributed by atoms with van der Waals surface area (Å²) in [6.07, 6.45) is 12.7. The molecule has 1 atom stereocenters. The maximum Gasteiger partial charge on any atom is 0.114 e. The van der Waals surface area contributed by atoms with Gasteiger partial charge in [0.25, 0.3) is 0 Å². The summed E-state index contributed by atoms with van der Waals surface area (Å²) in [7, 11) is 0. The van der Waals surface area contributed by atoms with Crippen molar-refractivity contribution >= 4 is 0 Å². The maximum atomic E-state index is 5.84. The fraction of sp³-hybridized carbons (Fsp3) is 0.846. The molecule has 0 aromatic rings. The van der Waals surface area contributed by atoms with Gasteiger partial charge in [0.1, 0.15) is 6.61 Å². The van der Waals surface area contributed by atoms with Crippen molar-refractivity contribution < 1.29 is 9.47 Å². The van der Waals surface area contributed by atoms with Crippen LogP contribution in [0.5, 0.6) is 0 Å². The summed E-state index contributed by atoms with van der Waals surface area (Å²) in [5.74, 6) is 1.21. The molecular formula is C13H22O2. The molecule has 1 aliphatic heterocycles. The van der Waals surface area contributed by atoms with Crippen LogP contribution in [0.2, 0.25) is 0 Å². The number of rotatable bonds is 3. The van der Waals surface area contributed by atoms with Crippen LogP contribution in [0.15, 0.2) is 11.8 Å². The van der Waals surface area contributed by atoms with E-state index in [4.69, 9.17) is 9.47 Å². The summed E-state index contributed by atoms with van der Waals surface area (Å²) in [4.78, 5) is 0. The fourth-order valence-corrected chi connectivity index (χ4v) is 2.27. The second-order valence-electron chi connectivity index (χ2n) is 4.57. The van der Waals surface area contributed by atoms with Gasteiger partial charge in [0.15, 0.2) is 0 Å². The third kappa shape index (κ3) is 3.86. The van der Waals surface area contributed by atoms with Crippen LogP contribution in [-0.2, 0) is 9.47 Å². The highest BCUT2D eigenvalue weighted by atomic mass is 16.5. The van der Waals surface area contributed by atoms with Crippen LogP contribution < -0.4 is 0 Å². The monoisotopic (exact) mass is 210 g/mol. The lowest BCUT2D eigenvalue weighted by atomic mass is 10.1. The van der Waals surface area contributed by atoms with Crippen molar-refractivity contribution in [1.82, 2.24) is 0 Å². The lowest BCUT2D eigenvalue weighted by Gasteiger charge is -2.16. The number of allylic oxidation sites excluding steroid dienone is 2. The van der Waals surface area contributed by atoms with Crippen molar-refractivity contribution in [1.29, 1.82) is 0 Å². The molecule has 2 rings (SSSR count).